The van der Waals surface area contributed by atoms with Crippen LogP contribution in [0.25, 0.3) is 0 Å². The lowest BCUT2D eigenvalue weighted by molar-refractivity contribution is 0.267. The summed E-state index contributed by atoms with van der Waals surface area (Å²) >= 11 is 0. The fourth-order valence-electron chi connectivity index (χ4n) is 2.85. The summed E-state index contributed by atoms with van der Waals surface area (Å²) in [6.45, 7) is 2.40. The van der Waals surface area contributed by atoms with Crippen molar-refractivity contribution in [3.63, 3.8) is 0 Å². The summed E-state index contributed by atoms with van der Waals surface area (Å²) < 4.78 is 5.72. The summed E-state index contributed by atoms with van der Waals surface area (Å²) in [4.78, 5) is 4.31. The van der Waals surface area contributed by atoms with Gasteiger partial charge < -0.3 is 15.4 Å². The summed E-state index contributed by atoms with van der Waals surface area (Å²) in [7, 11) is 1.80. The first-order chi connectivity index (χ1) is 11.4. The second-order valence-electron chi connectivity index (χ2n) is 5.66. The molecule has 0 aromatic heterocycles. The van der Waals surface area contributed by atoms with Gasteiger partial charge >= 0.3 is 0 Å². The predicted molar refractivity (Wildman–Crippen MR) is 109 cm³/mol. The minimum atomic E-state index is 0. The molecule has 0 amide bonds. The third kappa shape index (κ3) is 4.87. The maximum Gasteiger partial charge on any atom is 0.191 e. The van der Waals surface area contributed by atoms with E-state index in [9.17, 15) is 0 Å². The van der Waals surface area contributed by atoms with Crippen molar-refractivity contribution in [1.29, 1.82) is 0 Å². The van der Waals surface area contributed by atoms with Crippen molar-refractivity contribution in [2.45, 2.75) is 18.9 Å². The van der Waals surface area contributed by atoms with Crippen molar-refractivity contribution in [2.75, 3.05) is 20.2 Å². The molecule has 1 aliphatic heterocycles. The number of fused-ring (bicyclic) bond motifs is 1. The van der Waals surface area contributed by atoms with E-state index in [4.69, 9.17) is 4.74 Å². The van der Waals surface area contributed by atoms with Crippen LogP contribution in [0.1, 0.15) is 23.5 Å². The van der Waals surface area contributed by atoms with Crippen molar-refractivity contribution >= 4 is 29.9 Å². The smallest absolute Gasteiger partial charge is 0.191 e. The lowest BCUT2D eigenvalue weighted by Crippen LogP contribution is -2.39. The molecule has 2 aromatic rings. The molecule has 2 aromatic carbocycles. The SMILES string of the molecule is CN=C(NCc1ccccc1)NCC1CCOc2ccccc21.I. The Labute approximate surface area is 160 Å². The Morgan fingerprint density at radius 3 is 2.62 bits per heavy atom. The molecule has 0 fully saturated rings. The highest BCUT2D eigenvalue weighted by atomic mass is 127. The Kier molecular flexibility index (Phi) is 7.36. The standard InChI is InChI=1S/C19H23N3O.HI/c1-20-19(21-13-15-7-3-2-4-8-15)22-14-16-11-12-23-18-10-6-5-9-17(16)18;/h2-10,16H,11-14H2,1H3,(H2,20,21,22);1H. The van der Waals surface area contributed by atoms with Crippen LogP contribution < -0.4 is 15.4 Å². The summed E-state index contributed by atoms with van der Waals surface area (Å²) in [6, 6.07) is 18.6. The molecular weight excluding hydrogens is 413 g/mol. The second kappa shape index (κ2) is 9.52. The van der Waals surface area contributed by atoms with E-state index in [1.54, 1.807) is 7.05 Å². The maximum absolute atomic E-state index is 5.72. The number of para-hydroxylation sites is 1. The number of nitrogens with one attached hydrogen (secondary N) is 2. The monoisotopic (exact) mass is 437 g/mol. The summed E-state index contributed by atoms with van der Waals surface area (Å²) in [5.74, 6) is 2.30. The Bertz CT molecular complexity index is 661. The van der Waals surface area contributed by atoms with E-state index >= 15 is 0 Å². The van der Waals surface area contributed by atoms with Crippen molar-refractivity contribution < 1.29 is 4.74 Å². The molecule has 1 unspecified atom stereocenters. The van der Waals surface area contributed by atoms with Crippen LogP contribution in [0, 0.1) is 0 Å². The van der Waals surface area contributed by atoms with Crippen LogP contribution in [0.3, 0.4) is 0 Å². The Morgan fingerprint density at radius 2 is 1.83 bits per heavy atom. The number of hydrogen-bond donors (Lipinski definition) is 2. The molecule has 0 saturated carbocycles. The van der Waals surface area contributed by atoms with Gasteiger partial charge in [-0.05, 0) is 23.6 Å². The quantitative estimate of drug-likeness (QED) is 0.437. The topological polar surface area (TPSA) is 45.7 Å². The van der Waals surface area contributed by atoms with Gasteiger partial charge in [-0.3, -0.25) is 4.99 Å². The Morgan fingerprint density at radius 1 is 1.08 bits per heavy atom. The van der Waals surface area contributed by atoms with E-state index in [1.807, 2.05) is 30.3 Å². The average Bonchev–Trinajstić information content (AvgIpc) is 2.63. The van der Waals surface area contributed by atoms with Gasteiger partial charge in [-0.1, -0.05) is 48.5 Å². The van der Waals surface area contributed by atoms with Crippen molar-refractivity contribution in [3.8, 4) is 5.75 Å². The lowest BCUT2D eigenvalue weighted by atomic mass is 9.93. The zero-order valence-electron chi connectivity index (χ0n) is 13.9. The molecule has 128 valence electrons. The van der Waals surface area contributed by atoms with Crippen LogP contribution in [-0.4, -0.2) is 26.2 Å². The fraction of sp³-hybridized carbons (Fsp3) is 0.316. The predicted octanol–water partition coefficient (Wildman–Crippen LogP) is 3.54. The molecule has 1 heterocycles. The Balaban J connectivity index is 0.00000208. The normalized spacial score (nSPS) is 16.4. The number of halogens is 1. The van der Waals surface area contributed by atoms with E-state index < -0.39 is 0 Å². The van der Waals surface area contributed by atoms with Gasteiger partial charge in [0.15, 0.2) is 5.96 Å². The minimum Gasteiger partial charge on any atom is -0.493 e. The lowest BCUT2D eigenvalue weighted by Gasteiger charge is -2.26. The Hall–Kier alpha value is -1.76. The summed E-state index contributed by atoms with van der Waals surface area (Å²) in [6.07, 6.45) is 1.03. The van der Waals surface area contributed by atoms with Crippen molar-refractivity contribution in [3.05, 3.63) is 65.7 Å². The zero-order valence-corrected chi connectivity index (χ0v) is 16.2. The molecule has 0 radical (unpaired) electrons. The van der Waals surface area contributed by atoms with E-state index in [0.29, 0.717) is 5.92 Å². The highest BCUT2D eigenvalue weighted by Crippen LogP contribution is 2.32. The van der Waals surface area contributed by atoms with Gasteiger partial charge in [0.2, 0.25) is 0 Å². The second-order valence-corrected chi connectivity index (χ2v) is 5.66. The average molecular weight is 437 g/mol. The van der Waals surface area contributed by atoms with Crippen LogP contribution in [0.2, 0.25) is 0 Å². The van der Waals surface area contributed by atoms with Gasteiger partial charge in [-0.25, -0.2) is 0 Å². The van der Waals surface area contributed by atoms with Crippen LogP contribution in [0.15, 0.2) is 59.6 Å². The number of guanidine groups is 1. The molecule has 5 heteroatoms. The van der Waals surface area contributed by atoms with Crippen LogP contribution in [0.4, 0.5) is 0 Å². The van der Waals surface area contributed by atoms with Crippen molar-refractivity contribution in [2.24, 2.45) is 4.99 Å². The number of hydrogen-bond acceptors (Lipinski definition) is 2. The molecular formula is C19H24IN3O. The first kappa shape index (κ1) is 18.6. The number of aliphatic imine (C=N–C) groups is 1. The van der Waals surface area contributed by atoms with E-state index in [1.165, 1.54) is 11.1 Å². The van der Waals surface area contributed by atoms with E-state index in [-0.39, 0.29) is 24.0 Å². The highest BCUT2D eigenvalue weighted by Gasteiger charge is 2.20. The highest BCUT2D eigenvalue weighted by molar-refractivity contribution is 14.0. The zero-order chi connectivity index (χ0) is 15.9. The molecule has 3 rings (SSSR count). The van der Waals surface area contributed by atoms with Gasteiger partial charge in [0, 0.05) is 26.1 Å². The third-order valence-corrected chi connectivity index (χ3v) is 4.13. The van der Waals surface area contributed by atoms with Gasteiger partial charge in [0.05, 0.1) is 6.61 Å². The molecule has 0 saturated heterocycles. The van der Waals surface area contributed by atoms with Crippen molar-refractivity contribution in [1.82, 2.24) is 10.6 Å². The largest absolute Gasteiger partial charge is 0.493 e. The van der Waals surface area contributed by atoms with Crippen LogP contribution >= 0.6 is 24.0 Å². The van der Waals surface area contributed by atoms with Crippen LogP contribution in [0.5, 0.6) is 5.75 Å². The van der Waals surface area contributed by atoms with Crippen LogP contribution in [-0.2, 0) is 6.54 Å². The van der Waals surface area contributed by atoms with E-state index in [2.05, 4.69) is 39.9 Å². The number of rotatable bonds is 4. The van der Waals surface area contributed by atoms with Gasteiger partial charge in [-0.2, -0.15) is 0 Å². The van der Waals surface area contributed by atoms with Gasteiger partial charge in [0.25, 0.3) is 0 Å². The number of ether oxygens (including phenoxy) is 1. The molecule has 1 aliphatic rings. The molecule has 0 spiro atoms. The van der Waals surface area contributed by atoms with E-state index in [0.717, 1.165) is 37.8 Å². The molecule has 24 heavy (non-hydrogen) atoms. The minimum absolute atomic E-state index is 0. The summed E-state index contributed by atoms with van der Waals surface area (Å²) in [5, 5.41) is 6.79. The van der Waals surface area contributed by atoms with Gasteiger partial charge in [0.1, 0.15) is 5.75 Å². The number of benzene rings is 2. The fourth-order valence-corrected chi connectivity index (χ4v) is 2.85. The molecule has 4 nitrogen and oxygen atoms in total. The third-order valence-electron chi connectivity index (χ3n) is 4.13. The maximum atomic E-state index is 5.72. The summed E-state index contributed by atoms with van der Waals surface area (Å²) in [5.41, 5.74) is 2.52. The first-order valence-corrected chi connectivity index (χ1v) is 8.07. The number of nitrogens with zero attached hydrogens (tertiary/aromatic N) is 1. The molecule has 0 bridgehead atoms. The van der Waals surface area contributed by atoms with Gasteiger partial charge in [-0.15, -0.1) is 24.0 Å². The molecule has 0 aliphatic carbocycles. The molecule has 1 atom stereocenters. The first-order valence-electron chi connectivity index (χ1n) is 8.07. The molecule has 2 N–H and O–H groups in total.